The second-order valence-corrected chi connectivity index (χ2v) is 5.76. The van der Waals surface area contributed by atoms with Crippen molar-refractivity contribution in [3.05, 3.63) is 39.4 Å². The molecule has 1 amide bonds. The Kier molecular flexibility index (Phi) is 5.17. The third-order valence-corrected chi connectivity index (χ3v) is 4.21. The largest absolute Gasteiger partial charge is 0.336 e. The predicted molar refractivity (Wildman–Crippen MR) is 81.8 cm³/mol. The van der Waals surface area contributed by atoms with Crippen LogP contribution in [0.3, 0.4) is 0 Å². The molecule has 2 rings (SSSR count). The summed E-state index contributed by atoms with van der Waals surface area (Å²) in [5.41, 5.74) is 1.14. The van der Waals surface area contributed by atoms with Gasteiger partial charge in [0.25, 0.3) is 11.6 Å². The fourth-order valence-electron chi connectivity index (χ4n) is 2.80. The van der Waals surface area contributed by atoms with Crippen molar-refractivity contribution in [2.45, 2.75) is 38.6 Å². The molecule has 0 spiro atoms. The molecule has 5 nitrogen and oxygen atoms in total. The summed E-state index contributed by atoms with van der Waals surface area (Å²) in [4.78, 5) is 25.0. The number of hydrogen-bond donors (Lipinski definition) is 0. The first-order valence-corrected chi connectivity index (χ1v) is 7.70. The lowest BCUT2D eigenvalue weighted by atomic mass is 9.97. The maximum atomic E-state index is 12.7. The van der Waals surface area contributed by atoms with E-state index in [9.17, 15) is 14.9 Å². The smallest absolute Gasteiger partial charge is 0.270 e. The zero-order chi connectivity index (χ0) is 15.4. The molecule has 1 heterocycles. The van der Waals surface area contributed by atoms with Gasteiger partial charge in [-0.05, 0) is 38.2 Å². The molecule has 0 aliphatic carbocycles. The summed E-state index contributed by atoms with van der Waals surface area (Å²) in [7, 11) is 0. The number of non-ortho nitro benzene ring substituents is 1. The molecule has 1 aliphatic rings. The predicted octanol–water partition coefficient (Wildman–Crippen LogP) is 3.53. The zero-order valence-electron chi connectivity index (χ0n) is 12.0. The minimum absolute atomic E-state index is 0.0464. The third kappa shape index (κ3) is 3.53. The van der Waals surface area contributed by atoms with Crippen LogP contribution in [0.5, 0.6) is 0 Å². The van der Waals surface area contributed by atoms with Gasteiger partial charge >= 0.3 is 0 Å². The maximum absolute atomic E-state index is 12.7. The van der Waals surface area contributed by atoms with E-state index in [1.807, 2.05) is 4.90 Å². The van der Waals surface area contributed by atoms with Crippen molar-refractivity contribution in [1.29, 1.82) is 0 Å². The average Bonchev–Trinajstić information content (AvgIpc) is 2.47. The Morgan fingerprint density at radius 3 is 2.90 bits per heavy atom. The van der Waals surface area contributed by atoms with Crippen molar-refractivity contribution in [1.82, 2.24) is 4.90 Å². The highest BCUT2D eigenvalue weighted by Gasteiger charge is 2.28. The molecule has 1 unspecified atom stereocenters. The summed E-state index contributed by atoms with van der Waals surface area (Å²) in [6.07, 6.45) is 3.78. The Balaban J connectivity index is 2.29. The van der Waals surface area contributed by atoms with E-state index in [4.69, 9.17) is 11.6 Å². The number of aryl methyl sites for hydroxylation is 1. The number of halogens is 1. The van der Waals surface area contributed by atoms with E-state index >= 15 is 0 Å². The van der Waals surface area contributed by atoms with Gasteiger partial charge in [-0.1, -0.05) is 6.07 Å². The second-order valence-electron chi connectivity index (χ2n) is 5.38. The molecule has 1 atom stereocenters. The number of likely N-dealkylation sites (tertiary alicyclic amines) is 1. The summed E-state index contributed by atoms with van der Waals surface area (Å²) >= 11 is 5.82. The molecule has 1 aromatic carbocycles. The molecule has 0 bridgehead atoms. The first-order chi connectivity index (χ1) is 10.0. The molecule has 1 aliphatic heterocycles. The van der Waals surface area contributed by atoms with Gasteiger partial charge in [0.05, 0.1) is 4.92 Å². The number of amides is 1. The second kappa shape index (κ2) is 6.89. The van der Waals surface area contributed by atoms with Gasteiger partial charge in [-0.2, -0.15) is 0 Å². The number of carbonyl (C=O) groups excluding carboxylic acids is 1. The number of piperidine rings is 1. The topological polar surface area (TPSA) is 63.5 Å². The molecule has 0 aromatic heterocycles. The maximum Gasteiger partial charge on any atom is 0.270 e. The molecule has 21 heavy (non-hydrogen) atoms. The van der Waals surface area contributed by atoms with Crippen LogP contribution in [-0.2, 0) is 0 Å². The van der Waals surface area contributed by atoms with Crippen LogP contribution >= 0.6 is 11.6 Å². The van der Waals surface area contributed by atoms with E-state index in [0.29, 0.717) is 18.0 Å². The minimum atomic E-state index is -0.470. The van der Waals surface area contributed by atoms with Crippen LogP contribution in [0.2, 0.25) is 0 Å². The summed E-state index contributed by atoms with van der Waals surface area (Å²) in [5.74, 6) is 0.397. The Bertz CT molecular complexity index is 546. The van der Waals surface area contributed by atoms with Gasteiger partial charge in [0, 0.05) is 36.2 Å². The number of benzene rings is 1. The van der Waals surface area contributed by atoms with Gasteiger partial charge in [-0.3, -0.25) is 14.9 Å². The molecule has 6 heteroatoms. The van der Waals surface area contributed by atoms with E-state index < -0.39 is 4.92 Å². The lowest BCUT2D eigenvalue weighted by Gasteiger charge is -2.36. The van der Waals surface area contributed by atoms with E-state index in [2.05, 4.69) is 0 Å². The molecule has 1 fully saturated rings. The standard InChI is InChI=1S/C15H19ClN2O3/c1-11-5-6-13(18(20)21)10-14(11)15(19)17-9-3-2-4-12(17)7-8-16/h5-6,10,12H,2-4,7-9H2,1H3. The summed E-state index contributed by atoms with van der Waals surface area (Å²) in [5, 5.41) is 10.9. The molecule has 1 saturated heterocycles. The van der Waals surface area contributed by atoms with Gasteiger partial charge in [-0.25, -0.2) is 0 Å². The number of carbonyl (C=O) groups is 1. The number of nitro benzene ring substituents is 1. The van der Waals surface area contributed by atoms with Gasteiger partial charge < -0.3 is 4.90 Å². The van der Waals surface area contributed by atoms with Crippen LogP contribution in [0, 0.1) is 17.0 Å². The first kappa shape index (κ1) is 15.8. The van der Waals surface area contributed by atoms with Gasteiger partial charge in [0.1, 0.15) is 0 Å². The van der Waals surface area contributed by atoms with Crippen molar-refractivity contribution in [3.8, 4) is 0 Å². The third-order valence-electron chi connectivity index (χ3n) is 3.99. The number of hydrogen-bond acceptors (Lipinski definition) is 3. The van der Waals surface area contributed by atoms with E-state index in [-0.39, 0.29) is 17.6 Å². The van der Waals surface area contributed by atoms with Crippen molar-refractivity contribution in [3.63, 3.8) is 0 Å². The van der Waals surface area contributed by atoms with E-state index in [1.165, 1.54) is 12.1 Å². The Morgan fingerprint density at radius 1 is 1.48 bits per heavy atom. The van der Waals surface area contributed by atoms with Crippen LogP contribution in [0.1, 0.15) is 41.6 Å². The molecule has 0 radical (unpaired) electrons. The zero-order valence-corrected chi connectivity index (χ0v) is 12.8. The summed E-state index contributed by atoms with van der Waals surface area (Å²) < 4.78 is 0. The van der Waals surface area contributed by atoms with Crippen LogP contribution < -0.4 is 0 Å². The van der Waals surface area contributed by atoms with E-state index in [1.54, 1.807) is 13.0 Å². The molecule has 114 valence electrons. The first-order valence-electron chi connectivity index (χ1n) is 7.16. The Hall–Kier alpha value is -1.62. The molecular weight excluding hydrogens is 292 g/mol. The molecule has 1 aromatic rings. The van der Waals surface area contributed by atoms with Crippen LogP contribution in [-0.4, -0.2) is 34.2 Å². The normalized spacial score (nSPS) is 18.6. The number of nitrogens with zero attached hydrogens (tertiary/aromatic N) is 2. The summed E-state index contributed by atoms with van der Waals surface area (Å²) in [6, 6.07) is 4.58. The minimum Gasteiger partial charge on any atom is -0.336 e. The number of rotatable bonds is 4. The van der Waals surface area contributed by atoms with Crippen molar-refractivity contribution < 1.29 is 9.72 Å². The molecule has 0 N–H and O–H groups in total. The van der Waals surface area contributed by atoms with Gasteiger partial charge in [-0.15, -0.1) is 11.6 Å². The van der Waals surface area contributed by atoms with Crippen molar-refractivity contribution in [2.24, 2.45) is 0 Å². The highest BCUT2D eigenvalue weighted by atomic mass is 35.5. The molecule has 0 saturated carbocycles. The molecular formula is C15H19ClN2O3. The van der Waals surface area contributed by atoms with Crippen LogP contribution in [0.25, 0.3) is 0 Å². The van der Waals surface area contributed by atoms with Gasteiger partial charge in [0.2, 0.25) is 0 Å². The van der Waals surface area contributed by atoms with Crippen molar-refractivity contribution in [2.75, 3.05) is 12.4 Å². The van der Waals surface area contributed by atoms with Crippen LogP contribution in [0.15, 0.2) is 18.2 Å². The highest BCUT2D eigenvalue weighted by Crippen LogP contribution is 2.25. The van der Waals surface area contributed by atoms with E-state index in [0.717, 1.165) is 31.2 Å². The lowest BCUT2D eigenvalue weighted by Crippen LogP contribution is -2.44. The van der Waals surface area contributed by atoms with Crippen molar-refractivity contribution >= 4 is 23.2 Å². The monoisotopic (exact) mass is 310 g/mol. The van der Waals surface area contributed by atoms with Crippen LogP contribution in [0.4, 0.5) is 5.69 Å². The summed E-state index contributed by atoms with van der Waals surface area (Å²) in [6.45, 7) is 2.50. The fourth-order valence-corrected chi connectivity index (χ4v) is 3.05. The van der Waals surface area contributed by atoms with Gasteiger partial charge in [0.15, 0.2) is 0 Å². The number of alkyl halides is 1. The SMILES string of the molecule is Cc1ccc([N+](=O)[O-])cc1C(=O)N1CCCCC1CCCl. The Morgan fingerprint density at radius 2 is 2.24 bits per heavy atom. The lowest BCUT2D eigenvalue weighted by molar-refractivity contribution is -0.384. The fraction of sp³-hybridized carbons (Fsp3) is 0.533. The average molecular weight is 311 g/mol. The number of nitro groups is 1. The highest BCUT2D eigenvalue weighted by molar-refractivity contribution is 6.17. The quantitative estimate of drug-likeness (QED) is 0.485. The Labute approximate surface area is 129 Å².